The number of fused-ring (bicyclic) bond motifs is 9. The molecule has 0 unspecified atom stereocenters. The molecule has 1 nitrogen and oxygen atoms in total. The van der Waals surface area contributed by atoms with Gasteiger partial charge < -0.3 is 0 Å². The fraction of sp³-hybridized carbons (Fsp3) is 0.0526. The van der Waals surface area contributed by atoms with Crippen LogP contribution >= 0.6 is 0 Å². The Morgan fingerprint density at radius 3 is 1.80 bits per heavy atom. The second-order valence-electron chi connectivity index (χ2n) is 16.5. The molecular weight excluding hydrogens is 778 g/mol. The average molecular weight is 817 g/mol. The monoisotopic (exact) mass is 817 g/mol. The number of aromatic nitrogens is 1. The summed E-state index contributed by atoms with van der Waals surface area (Å²) in [5.41, 5.74) is 19.0. The van der Waals surface area contributed by atoms with E-state index in [0.29, 0.717) is 0 Å². The van der Waals surface area contributed by atoms with Crippen molar-refractivity contribution >= 4 is 55.6 Å². The zero-order valence-corrected chi connectivity index (χ0v) is 34.6. The van der Waals surface area contributed by atoms with Crippen LogP contribution in [0.5, 0.6) is 0 Å². The van der Waals surface area contributed by atoms with Gasteiger partial charge in [0.25, 0.3) is 0 Å². The van der Waals surface area contributed by atoms with E-state index in [-0.39, 0.29) is 19.9 Å². The van der Waals surface area contributed by atoms with E-state index in [0.717, 1.165) is 0 Å². The van der Waals surface area contributed by atoms with Crippen LogP contribution in [0.25, 0.3) is 102 Å². The Labute approximate surface area is 350 Å². The fourth-order valence-corrected chi connectivity index (χ4v) is 12.4. The molecule has 0 fully saturated rings. The summed E-state index contributed by atoms with van der Waals surface area (Å²) in [5, 5.41) is 5.29. The third-order valence-corrected chi connectivity index (χ3v) is 15.4. The molecule has 0 N–H and O–H groups in total. The number of hydrogen-bond acceptors (Lipinski definition) is 0. The van der Waals surface area contributed by atoms with E-state index in [1.54, 1.807) is 0 Å². The molecule has 2 heteroatoms. The van der Waals surface area contributed by atoms with Gasteiger partial charge in [-0.1, -0.05) is 50.2 Å². The Morgan fingerprint density at radius 1 is 0.356 bits per heavy atom. The Bertz CT molecular complexity index is 3450. The standard InChI is InChI=1S/C57H39NSe/c1-57(2)51-20-9-6-15-45(51)46-29-28-43(35-52(46)57)58-53-21-10-7-16-47(53)50-34-39(27-30-54(50)58)41-31-40(38-25-23-37(24-26-38)36-13-4-3-5-14-36)32-42(33-41)44-18-12-19-49-48-17-8-11-22-55(48)59-56(44)49/h3-35H,1-2H3. The van der Waals surface area contributed by atoms with Crippen LogP contribution in [0, 0.1) is 0 Å². The molecule has 59 heavy (non-hydrogen) atoms. The third kappa shape index (κ3) is 5.38. The van der Waals surface area contributed by atoms with Gasteiger partial charge in [-0.15, -0.1) is 0 Å². The van der Waals surface area contributed by atoms with Crippen molar-refractivity contribution in [2.24, 2.45) is 0 Å². The average Bonchev–Trinajstić information content (AvgIpc) is 3.92. The maximum absolute atomic E-state index is 2.47. The number of rotatable bonds is 5. The molecule has 0 spiro atoms. The topological polar surface area (TPSA) is 4.93 Å². The van der Waals surface area contributed by atoms with E-state index in [4.69, 9.17) is 0 Å². The molecule has 9 aromatic carbocycles. The Kier molecular flexibility index (Phi) is 7.66. The van der Waals surface area contributed by atoms with E-state index in [9.17, 15) is 0 Å². The molecule has 12 rings (SSSR count). The maximum atomic E-state index is 2.47. The summed E-state index contributed by atoms with van der Waals surface area (Å²) in [6.07, 6.45) is 0. The minimum Gasteiger partial charge on any atom is -0.0280 e. The van der Waals surface area contributed by atoms with Crippen LogP contribution in [0.15, 0.2) is 200 Å². The molecule has 0 amide bonds. The minimum absolute atomic E-state index is 0.0682. The van der Waals surface area contributed by atoms with Gasteiger partial charge in [0.1, 0.15) is 0 Å². The quantitative estimate of drug-likeness (QED) is 0.153. The minimum atomic E-state index is -0.0682. The molecule has 2 aromatic heterocycles. The second-order valence-corrected chi connectivity index (χ2v) is 18.7. The molecule has 0 radical (unpaired) electrons. The van der Waals surface area contributed by atoms with Gasteiger partial charge in [-0.25, -0.2) is 0 Å². The molecule has 0 aliphatic heterocycles. The van der Waals surface area contributed by atoms with Gasteiger partial charge in [0.2, 0.25) is 0 Å². The van der Waals surface area contributed by atoms with Crippen molar-refractivity contribution < 1.29 is 0 Å². The molecular formula is C57H39NSe. The van der Waals surface area contributed by atoms with Crippen molar-refractivity contribution in [3.63, 3.8) is 0 Å². The third-order valence-electron chi connectivity index (χ3n) is 12.8. The van der Waals surface area contributed by atoms with Gasteiger partial charge in [-0.3, -0.25) is 0 Å². The first kappa shape index (κ1) is 34.3. The van der Waals surface area contributed by atoms with E-state index < -0.39 is 0 Å². The van der Waals surface area contributed by atoms with Crippen LogP contribution in [0.3, 0.4) is 0 Å². The van der Waals surface area contributed by atoms with Crippen LogP contribution < -0.4 is 0 Å². The smallest absolute Gasteiger partial charge is 0.0280 e. The van der Waals surface area contributed by atoms with Gasteiger partial charge in [0.15, 0.2) is 0 Å². The Hall–Kier alpha value is -6.70. The summed E-state index contributed by atoms with van der Waals surface area (Å²) < 4.78 is 5.41. The first-order chi connectivity index (χ1) is 29.0. The molecule has 278 valence electrons. The summed E-state index contributed by atoms with van der Waals surface area (Å²) in [5.74, 6) is 0. The number of para-hydroxylation sites is 1. The predicted octanol–water partition coefficient (Wildman–Crippen LogP) is 15.1. The van der Waals surface area contributed by atoms with Crippen molar-refractivity contribution in [1.82, 2.24) is 4.57 Å². The Balaban J connectivity index is 1.04. The molecule has 0 atom stereocenters. The molecule has 11 aromatic rings. The predicted molar refractivity (Wildman–Crippen MR) is 252 cm³/mol. The van der Waals surface area contributed by atoms with Crippen LogP contribution in [-0.4, -0.2) is 19.1 Å². The van der Waals surface area contributed by atoms with Crippen molar-refractivity contribution in [2.45, 2.75) is 19.3 Å². The summed E-state index contributed by atoms with van der Waals surface area (Å²) in [6.45, 7) is 4.73. The Morgan fingerprint density at radius 2 is 0.949 bits per heavy atom. The van der Waals surface area contributed by atoms with Gasteiger partial charge in [-0.2, -0.15) is 0 Å². The summed E-state index contributed by atoms with van der Waals surface area (Å²) in [6, 6.07) is 74.8. The molecule has 2 heterocycles. The van der Waals surface area contributed by atoms with E-state index in [1.807, 2.05) is 0 Å². The summed E-state index contributed by atoms with van der Waals surface area (Å²) in [4.78, 5) is 0. The zero-order valence-electron chi connectivity index (χ0n) is 32.9. The van der Waals surface area contributed by atoms with Crippen molar-refractivity contribution in [1.29, 1.82) is 0 Å². The van der Waals surface area contributed by atoms with Crippen LogP contribution in [-0.2, 0) is 5.41 Å². The number of benzene rings is 9. The second kappa shape index (κ2) is 13.2. The van der Waals surface area contributed by atoms with E-state index in [2.05, 4.69) is 219 Å². The van der Waals surface area contributed by atoms with Gasteiger partial charge in [0, 0.05) is 5.41 Å². The van der Waals surface area contributed by atoms with Gasteiger partial charge in [-0.05, 0) is 22.3 Å². The van der Waals surface area contributed by atoms with Crippen molar-refractivity contribution in [3.05, 3.63) is 211 Å². The van der Waals surface area contributed by atoms with Crippen LogP contribution in [0.2, 0.25) is 0 Å². The van der Waals surface area contributed by atoms with Crippen molar-refractivity contribution in [2.75, 3.05) is 0 Å². The molecule has 0 saturated carbocycles. The van der Waals surface area contributed by atoms with Crippen LogP contribution in [0.1, 0.15) is 25.0 Å². The van der Waals surface area contributed by atoms with Crippen molar-refractivity contribution in [3.8, 4) is 61.3 Å². The fourth-order valence-electron chi connectivity index (χ4n) is 9.84. The molecule has 0 bridgehead atoms. The molecule has 1 aliphatic rings. The van der Waals surface area contributed by atoms with Gasteiger partial charge in [0.05, 0.1) is 0 Å². The van der Waals surface area contributed by atoms with Gasteiger partial charge >= 0.3 is 274 Å². The first-order valence-electron chi connectivity index (χ1n) is 20.5. The summed E-state index contributed by atoms with van der Waals surface area (Å²) >= 11 is 0.242. The van der Waals surface area contributed by atoms with Crippen LogP contribution in [0.4, 0.5) is 0 Å². The number of hydrogen-bond donors (Lipinski definition) is 0. The zero-order chi connectivity index (χ0) is 39.2. The normalized spacial score (nSPS) is 13.1. The SMILES string of the molecule is CC1(C)c2ccccc2-c2ccc(-n3c4ccccc4c4cc(-c5cc(-c6ccc(-c7ccccc7)cc6)cc(-c6cccc7c6[se]c6ccccc67)c5)ccc43)cc21. The molecule has 0 saturated heterocycles. The summed E-state index contributed by atoms with van der Waals surface area (Å²) in [7, 11) is 0. The number of nitrogens with zero attached hydrogens (tertiary/aromatic N) is 1. The van der Waals surface area contributed by atoms with E-state index >= 15 is 0 Å². The molecule has 1 aliphatic carbocycles. The van der Waals surface area contributed by atoms with E-state index in [1.165, 1.54) is 114 Å². The first-order valence-corrected chi connectivity index (χ1v) is 22.2.